The molecule has 0 spiro atoms. The van der Waals surface area contributed by atoms with Crippen LogP contribution >= 0.6 is 0 Å². The fraction of sp³-hybridized carbons (Fsp3) is 0.267. The van der Waals surface area contributed by atoms with Crippen LogP contribution in [-0.2, 0) is 9.63 Å². The van der Waals surface area contributed by atoms with E-state index in [1.165, 1.54) is 4.68 Å². The zero-order valence-corrected chi connectivity index (χ0v) is 13.0. The van der Waals surface area contributed by atoms with Crippen LogP contribution in [0.2, 0.25) is 0 Å². The lowest BCUT2D eigenvalue weighted by Crippen LogP contribution is -2.33. The highest BCUT2D eigenvalue weighted by Crippen LogP contribution is 2.12. The number of oxime groups is 1. The number of aryl methyl sites for hydroxylation is 1. The number of rotatable bonds is 5. The van der Waals surface area contributed by atoms with Gasteiger partial charge in [0.05, 0.1) is 18.0 Å². The molecular formula is C15H16N6O3. The fourth-order valence-electron chi connectivity index (χ4n) is 2.27. The first-order valence-electron chi connectivity index (χ1n) is 7.32. The summed E-state index contributed by atoms with van der Waals surface area (Å²) in [4.78, 5) is 32.6. The minimum absolute atomic E-state index is 0.162. The van der Waals surface area contributed by atoms with Crippen molar-refractivity contribution in [3.63, 3.8) is 0 Å². The number of pyridine rings is 1. The van der Waals surface area contributed by atoms with Crippen molar-refractivity contribution in [1.29, 1.82) is 0 Å². The van der Waals surface area contributed by atoms with Crippen LogP contribution in [0.1, 0.15) is 22.6 Å². The van der Waals surface area contributed by atoms with Gasteiger partial charge in [0, 0.05) is 12.6 Å². The van der Waals surface area contributed by atoms with E-state index in [1.807, 2.05) is 6.07 Å². The largest absolute Gasteiger partial charge is 0.382 e. The number of hydrogen-bond acceptors (Lipinski definition) is 6. The van der Waals surface area contributed by atoms with Gasteiger partial charge in [-0.3, -0.25) is 9.59 Å². The number of hydrogen-bond donors (Lipinski definition) is 2. The monoisotopic (exact) mass is 328 g/mol. The van der Waals surface area contributed by atoms with E-state index >= 15 is 0 Å². The van der Waals surface area contributed by atoms with Crippen LogP contribution in [0.3, 0.4) is 0 Å². The van der Waals surface area contributed by atoms with Crippen molar-refractivity contribution in [1.82, 2.24) is 20.1 Å². The quantitative estimate of drug-likeness (QED) is 0.795. The molecule has 9 heteroatoms. The zero-order valence-electron chi connectivity index (χ0n) is 13.0. The van der Waals surface area contributed by atoms with E-state index in [2.05, 4.69) is 20.6 Å². The Labute approximate surface area is 137 Å². The summed E-state index contributed by atoms with van der Waals surface area (Å²) in [5.74, 6) is -0.360. The molecule has 0 radical (unpaired) electrons. The minimum Gasteiger partial charge on any atom is -0.382 e. The third kappa shape index (κ3) is 3.24. The second-order valence-corrected chi connectivity index (χ2v) is 5.31. The van der Waals surface area contributed by atoms with Gasteiger partial charge in [-0.15, -0.1) is 0 Å². The Morgan fingerprint density at radius 2 is 2.29 bits per heavy atom. The molecule has 0 saturated heterocycles. The summed E-state index contributed by atoms with van der Waals surface area (Å²) in [5, 5.41) is 10.8. The topological polar surface area (TPSA) is 124 Å². The van der Waals surface area contributed by atoms with Gasteiger partial charge in [-0.25, -0.2) is 9.67 Å². The van der Waals surface area contributed by atoms with Crippen molar-refractivity contribution < 1.29 is 14.4 Å². The Hall–Kier alpha value is -3.23. The zero-order chi connectivity index (χ0) is 17.1. The molecule has 24 heavy (non-hydrogen) atoms. The number of primary amides is 1. The van der Waals surface area contributed by atoms with E-state index in [0.717, 1.165) is 0 Å². The number of carbonyl (C=O) groups is 2. The molecule has 124 valence electrons. The smallest absolute Gasteiger partial charge is 0.270 e. The molecule has 0 saturated carbocycles. The van der Waals surface area contributed by atoms with Gasteiger partial charge in [-0.2, -0.15) is 5.10 Å². The highest BCUT2D eigenvalue weighted by Gasteiger charge is 2.26. The number of carbonyl (C=O) groups excluding carboxylic acids is 2. The average Bonchev–Trinajstić information content (AvgIpc) is 3.20. The van der Waals surface area contributed by atoms with Crippen LogP contribution < -0.4 is 11.1 Å². The molecule has 3 N–H and O–H groups in total. The summed E-state index contributed by atoms with van der Waals surface area (Å²) in [5.41, 5.74) is 6.75. The summed E-state index contributed by atoms with van der Waals surface area (Å²) in [7, 11) is 0. The first-order valence-corrected chi connectivity index (χ1v) is 7.32. The summed E-state index contributed by atoms with van der Waals surface area (Å²) in [6, 6.07) is 7.03. The van der Waals surface area contributed by atoms with E-state index in [9.17, 15) is 9.59 Å². The van der Waals surface area contributed by atoms with Crippen LogP contribution in [0.4, 0.5) is 0 Å². The molecule has 1 atom stereocenters. The molecular weight excluding hydrogens is 312 g/mol. The molecule has 2 aromatic heterocycles. The van der Waals surface area contributed by atoms with Crippen molar-refractivity contribution in [3.8, 4) is 5.82 Å². The molecule has 1 aliphatic rings. The van der Waals surface area contributed by atoms with E-state index in [4.69, 9.17) is 10.6 Å². The number of amides is 2. The predicted molar refractivity (Wildman–Crippen MR) is 84.5 cm³/mol. The second kappa shape index (κ2) is 6.49. The summed E-state index contributed by atoms with van der Waals surface area (Å²) >= 11 is 0. The molecule has 0 aliphatic carbocycles. The van der Waals surface area contributed by atoms with Gasteiger partial charge in [0.15, 0.2) is 5.82 Å². The van der Waals surface area contributed by atoms with E-state index < -0.39 is 12.0 Å². The average molecular weight is 328 g/mol. The SMILES string of the molecule is Cc1cc(C(=O)NCC2=NOC(C(N)=O)C2)n(-c2ccccn2)n1. The molecule has 3 rings (SSSR count). The summed E-state index contributed by atoms with van der Waals surface area (Å²) < 4.78 is 1.48. The van der Waals surface area contributed by atoms with E-state index in [0.29, 0.717) is 22.9 Å². The van der Waals surface area contributed by atoms with Crippen molar-refractivity contribution >= 4 is 17.5 Å². The highest BCUT2D eigenvalue weighted by atomic mass is 16.6. The Balaban J connectivity index is 1.69. The summed E-state index contributed by atoms with van der Waals surface area (Å²) in [6.45, 7) is 1.96. The molecule has 1 aliphatic heterocycles. The maximum absolute atomic E-state index is 12.4. The van der Waals surface area contributed by atoms with Gasteiger partial charge in [0.1, 0.15) is 5.69 Å². The van der Waals surface area contributed by atoms with Gasteiger partial charge in [-0.05, 0) is 25.1 Å². The first kappa shape index (κ1) is 15.7. The van der Waals surface area contributed by atoms with Crippen LogP contribution in [-0.4, -0.2) is 44.9 Å². The maximum Gasteiger partial charge on any atom is 0.270 e. The Kier molecular flexibility index (Phi) is 4.23. The molecule has 3 heterocycles. The van der Waals surface area contributed by atoms with Gasteiger partial charge in [0.25, 0.3) is 11.8 Å². The van der Waals surface area contributed by atoms with Crippen molar-refractivity contribution in [2.24, 2.45) is 10.9 Å². The molecule has 0 bridgehead atoms. The van der Waals surface area contributed by atoms with Gasteiger partial charge in [0.2, 0.25) is 6.10 Å². The van der Waals surface area contributed by atoms with Crippen LogP contribution in [0.15, 0.2) is 35.6 Å². The number of nitrogens with one attached hydrogen (secondary N) is 1. The number of aromatic nitrogens is 3. The van der Waals surface area contributed by atoms with Crippen molar-refractivity contribution in [2.75, 3.05) is 6.54 Å². The maximum atomic E-state index is 12.4. The normalized spacial score (nSPS) is 16.4. The second-order valence-electron chi connectivity index (χ2n) is 5.31. The minimum atomic E-state index is -0.766. The Morgan fingerprint density at radius 1 is 1.46 bits per heavy atom. The third-order valence-electron chi connectivity index (χ3n) is 3.43. The molecule has 0 aromatic carbocycles. The number of nitrogens with two attached hydrogens (primary N) is 1. The lowest BCUT2D eigenvalue weighted by atomic mass is 10.1. The lowest BCUT2D eigenvalue weighted by Gasteiger charge is -2.07. The standard InChI is InChI=1S/C15H16N6O3/c1-9-6-11(21(19-9)13-4-2-3-5-17-13)15(23)18-8-10-7-12(14(16)22)24-20-10/h2-6,12H,7-8H2,1H3,(H2,16,22)(H,18,23). The highest BCUT2D eigenvalue weighted by molar-refractivity contribution is 5.98. The van der Waals surface area contributed by atoms with E-state index in [1.54, 1.807) is 31.3 Å². The Bertz CT molecular complexity index is 799. The first-order chi connectivity index (χ1) is 11.5. The Morgan fingerprint density at radius 3 is 2.96 bits per heavy atom. The fourth-order valence-corrected chi connectivity index (χ4v) is 2.27. The van der Waals surface area contributed by atoms with Crippen molar-refractivity contribution in [3.05, 3.63) is 41.9 Å². The third-order valence-corrected chi connectivity index (χ3v) is 3.43. The number of nitrogens with zero attached hydrogens (tertiary/aromatic N) is 4. The van der Waals surface area contributed by atoms with Gasteiger partial charge >= 0.3 is 0 Å². The molecule has 2 aromatic rings. The van der Waals surface area contributed by atoms with Crippen LogP contribution in [0.25, 0.3) is 5.82 Å². The predicted octanol–water partition coefficient (Wildman–Crippen LogP) is -0.0643. The molecule has 2 amide bonds. The summed E-state index contributed by atoms with van der Waals surface area (Å²) in [6.07, 6.45) is 1.13. The van der Waals surface area contributed by atoms with Crippen LogP contribution in [0.5, 0.6) is 0 Å². The van der Waals surface area contributed by atoms with Gasteiger partial charge < -0.3 is 15.9 Å². The van der Waals surface area contributed by atoms with Crippen molar-refractivity contribution in [2.45, 2.75) is 19.4 Å². The van der Waals surface area contributed by atoms with Crippen LogP contribution in [0, 0.1) is 6.92 Å². The molecule has 9 nitrogen and oxygen atoms in total. The molecule has 1 unspecified atom stereocenters. The van der Waals surface area contributed by atoms with Gasteiger partial charge in [-0.1, -0.05) is 11.2 Å². The van der Waals surface area contributed by atoms with E-state index in [-0.39, 0.29) is 18.9 Å². The molecule has 0 fully saturated rings. The lowest BCUT2D eigenvalue weighted by molar-refractivity contribution is -0.127.